The standard InChI is InChI=1S/C28H27N3O4S/c1-3-33-25-15-10-19(16-26(25)34-4-2)28(32)29-27-23-17-36-18-24(23)30-31(27)20-11-13-22(14-12-20)35-21-8-6-5-7-9-21/h5-16H,3-4,17-18H2,1-2H3,(H,29,32). The van der Waals surface area contributed by atoms with Crippen LogP contribution in [0, 0.1) is 0 Å². The molecule has 4 aromatic rings. The van der Waals surface area contributed by atoms with Gasteiger partial charge in [-0.25, -0.2) is 4.68 Å². The lowest BCUT2D eigenvalue weighted by Crippen LogP contribution is -2.16. The molecule has 1 aliphatic rings. The lowest BCUT2D eigenvalue weighted by molar-refractivity contribution is 0.102. The van der Waals surface area contributed by atoms with E-state index in [0.29, 0.717) is 36.1 Å². The van der Waals surface area contributed by atoms with Gasteiger partial charge in [0, 0.05) is 22.6 Å². The van der Waals surface area contributed by atoms with Crippen LogP contribution in [0.2, 0.25) is 0 Å². The maximum Gasteiger partial charge on any atom is 0.256 e. The van der Waals surface area contributed by atoms with Crippen molar-refractivity contribution >= 4 is 23.5 Å². The molecule has 5 rings (SSSR count). The molecule has 1 amide bonds. The van der Waals surface area contributed by atoms with Gasteiger partial charge in [-0.05, 0) is 68.4 Å². The molecule has 0 radical (unpaired) electrons. The van der Waals surface area contributed by atoms with Crippen LogP contribution in [0.25, 0.3) is 5.69 Å². The van der Waals surface area contributed by atoms with Gasteiger partial charge in [0.15, 0.2) is 11.5 Å². The van der Waals surface area contributed by atoms with E-state index in [9.17, 15) is 4.79 Å². The van der Waals surface area contributed by atoms with Gasteiger partial charge in [0.05, 0.1) is 24.6 Å². The fourth-order valence-electron chi connectivity index (χ4n) is 3.98. The smallest absolute Gasteiger partial charge is 0.256 e. The van der Waals surface area contributed by atoms with Crippen LogP contribution in [0.4, 0.5) is 5.82 Å². The molecule has 184 valence electrons. The number of hydrogen-bond acceptors (Lipinski definition) is 6. The second-order valence-corrected chi connectivity index (χ2v) is 9.05. The molecule has 3 aromatic carbocycles. The Balaban J connectivity index is 1.41. The number of benzene rings is 3. The molecule has 7 nitrogen and oxygen atoms in total. The van der Waals surface area contributed by atoms with Crippen molar-refractivity contribution in [3.63, 3.8) is 0 Å². The molecule has 1 N–H and O–H groups in total. The Kier molecular flexibility index (Phi) is 7.13. The molecule has 0 bridgehead atoms. The van der Waals surface area contributed by atoms with Crippen molar-refractivity contribution in [2.75, 3.05) is 18.5 Å². The molecule has 0 aliphatic carbocycles. The molecule has 1 aromatic heterocycles. The van der Waals surface area contributed by atoms with E-state index in [4.69, 9.17) is 19.3 Å². The van der Waals surface area contributed by atoms with E-state index >= 15 is 0 Å². The summed E-state index contributed by atoms with van der Waals surface area (Å²) in [5.74, 6) is 4.74. The summed E-state index contributed by atoms with van der Waals surface area (Å²) in [6.07, 6.45) is 0. The van der Waals surface area contributed by atoms with Crippen LogP contribution in [0.5, 0.6) is 23.0 Å². The van der Waals surface area contributed by atoms with Crippen LogP contribution in [0.15, 0.2) is 72.8 Å². The summed E-state index contributed by atoms with van der Waals surface area (Å²) in [5.41, 5.74) is 3.36. The van der Waals surface area contributed by atoms with E-state index in [-0.39, 0.29) is 5.91 Å². The number of nitrogens with one attached hydrogen (secondary N) is 1. The number of ether oxygens (including phenoxy) is 3. The number of hydrogen-bond donors (Lipinski definition) is 1. The van der Waals surface area contributed by atoms with Crippen LogP contribution >= 0.6 is 11.8 Å². The first-order chi connectivity index (χ1) is 17.7. The van der Waals surface area contributed by atoms with E-state index < -0.39 is 0 Å². The molecular weight excluding hydrogens is 474 g/mol. The predicted octanol–water partition coefficient (Wildman–Crippen LogP) is 6.46. The number of para-hydroxylation sites is 1. The number of rotatable bonds is 9. The van der Waals surface area contributed by atoms with Crippen LogP contribution in [-0.4, -0.2) is 28.9 Å². The summed E-state index contributed by atoms with van der Waals surface area (Å²) in [6.45, 7) is 4.81. The first kappa shape index (κ1) is 23.8. The summed E-state index contributed by atoms with van der Waals surface area (Å²) in [4.78, 5) is 13.3. The average Bonchev–Trinajstić information content (AvgIpc) is 3.49. The molecule has 8 heteroatoms. The van der Waals surface area contributed by atoms with Crippen LogP contribution < -0.4 is 19.5 Å². The van der Waals surface area contributed by atoms with Crippen LogP contribution in [0.3, 0.4) is 0 Å². The number of fused-ring (bicyclic) bond motifs is 1. The lowest BCUT2D eigenvalue weighted by Gasteiger charge is -2.14. The van der Waals surface area contributed by atoms with Crippen LogP contribution in [-0.2, 0) is 11.5 Å². The Morgan fingerprint density at radius 3 is 2.39 bits per heavy atom. The number of carbonyl (C=O) groups is 1. The predicted molar refractivity (Wildman–Crippen MR) is 142 cm³/mol. The minimum absolute atomic E-state index is 0.233. The molecule has 1 aliphatic heterocycles. The van der Waals surface area contributed by atoms with Crippen LogP contribution in [0.1, 0.15) is 35.5 Å². The normalized spacial score (nSPS) is 12.2. The number of nitrogens with zero attached hydrogens (tertiary/aromatic N) is 2. The van der Waals surface area contributed by atoms with Gasteiger partial charge in [0.25, 0.3) is 5.91 Å². The lowest BCUT2D eigenvalue weighted by atomic mass is 10.1. The third kappa shape index (κ3) is 5.04. The van der Waals surface area contributed by atoms with Gasteiger partial charge >= 0.3 is 0 Å². The van der Waals surface area contributed by atoms with Gasteiger partial charge in [0.1, 0.15) is 17.3 Å². The minimum Gasteiger partial charge on any atom is -0.490 e. The monoisotopic (exact) mass is 501 g/mol. The quantitative estimate of drug-likeness (QED) is 0.284. The van der Waals surface area contributed by atoms with Crippen molar-refractivity contribution in [3.8, 4) is 28.7 Å². The number of anilines is 1. The van der Waals surface area contributed by atoms with Crippen molar-refractivity contribution in [1.82, 2.24) is 9.78 Å². The molecular formula is C28H27N3O4S. The van der Waals surface area contributed by atoms with Gasteiger partial charge in [-0.3, -0.25) is 4.79 Å². The highest BCUT2D eigenvalue weighted by molar-refractivity contribution is 7.98. The Labute approximate surface area is 214 Å². The summed E-state index contributed by atoms with van der Waals surface area (Å²) in [5, 5.41) is 7.90. The van der Waals surface area contributed by atoms with Gasteiger partial charge in [-0.2, -0.15) is 16.9 Å². The summed E-state index contributed by atoms with van der Waals surface area (Å²) < 4.78 is 19.0. The largest absolute Gasteiger partial charge is 0.490 e. The van der Waals surface area contributed by atoms with Crippen molar-refractivity contribution in [2.45, 2.75) is 25.4 Å². The fourth-order valence-corrected chi connectivity index (χ4v) is 5.02. The Hall–Kier alpha value is -3.91. The molecule has 2 heterocycles. The highest BCUT2D eigenvalue weighted by Crippen LogP contribution is 2.37. The van der Waals surface area contributed by atoms with Crippen molar-refractivity contribution in [1.29, 1.82) is 0 Å². The summed E-state index contributed by atoms with van der Waals surface area (Å²) in [6, 6.07) is 22.5. The molecule has 0 spiro atoms. The van der Waals surface area contributed by atoms with Gasteiger partial charge in [0.2, 0.25) is 0 Å². The first-order valence-corrected chi connectivity index (χ1v) is 13.0. The van der Waals surface area contributed by atoms with E-state index in [0.717, 1.165) is 39.9 Å². The van der Waals surface area contributed by atoms with E-state index in [2.05, 4.69) is 5.32 Å². The van der Waals surface area contributed by atoms with Crippen molar-refractivity contribution < 1.29 is 19.0 Å². The van der Waals surface area contributed by atoms with Crippen molar-refractivity contribution in [3.05, 3.63) is 89.6 Å². The zero-order valence-corrected chi connectivity index (χ0v) is 21.0. The third-order valence-corrected chi connectivity index (χ3v) is 6.62. The number of aromatic nitrogens is 2. The second-order valence-electron chi connectivity index (χ2n) is 8.07. The molecule has 0 atom stereocenters. The fraction of sp³-hybridized carbons (Fsp3) is 0.214. The highest BCUT2D eigenvalue weighted by Gasteiger charge is 2.25. The second kappa shape index (κ2) is 10.8. The molecule has 0 saturated heterocycles. The zero-order chi connectivity index (χ0) is 24.9. The number of amides is 1. The Morgan fingerprint density at radius 2 is 1.64 bits per heavy atom. The van der Waals surface area contributed by atoms with E-state index in [1.807, 2.05) is 68.4 Å². The Bertz CT molecular complexity index is 1350. The topological polar surface area (TPSA) is 74.6 Å². The van der Waals surface area contributed by atoms with E-state index in [1.165, 1.54) is 0 Å². The molecule has 0 saturated carbocycles. The molecule has 36 heavy (non-hydrogen) atoms. The third-order valence-electron chi connectivity index (χ3n) is 5.65. The molecule has 0 unspecified atom stereocenters. The van der Waals surface area contributed by atoms with Crippen molar-refractivity contribution in [2.24, 2.45) is 0 Å². The maximum atomic E-state index is 13.3. The van der Waals surface area contributed by atoms with Gasteiger partial charge in [-0.1, -0.05) is 18.2 Å². The molecule has 0 fully saturated rings. The van der Waals surface area contributed by atoms with Gasteiger partial charge < -0.3 is 19.5 Å². The highest BCUT2D eigenvalue weighted by atomic mass is 32.2. The Morgan fingerprint density at radius 1 is 0.917 bits per heavy atom. The summed E-state index contributed by atoms with van der Waals surface area (Å²) >= 11 is 1.79. The zero-order valence-electron chi connectivity index (χ0n) is 20.2. The first-order valence-electron chi connectivity index (χ1n) is 11.9. The van der Waals surface area contributed by atoms with Gasteiger partial charge in [-0.15, -0.1) is 0 Å². The minimum atomic E-state index is -0.233. The SMILES string of the molecule is CCOc1ccc(C(=O)Nc2c3c(nn2-c2ccc(Oc4ccccc4)cc2)CSC3)cc1OCC. The number of carbonyl (C=O) groups excluding carboxylic acids is 1. The maximum absolute atomic E-state index is 13.3. The van der Waals surface area contributed by atoms with E-state index in [1.54, 1.807) is 34.6 Å². The average molecular weight is 502 g/mol. The summed E-state index contributed by atoms with van der Waals surface area (Å²) in [7, 11) is 0. The number of thioether (sulfide) groups is 1.